The average molecular weight is 1640 g/mol. The van der Waals surface area contributed by atoms with Gasteiger partial charge in [0.2, 0.25) is 17.3 Å². The van der Waals surface area contributed by atoms with Crippen molar-refractivity contribution in [1.82, 2.24) is 14.7 Å². The molecule has 36 heteroatoms. The van der Waals surface area contributed by atoms with Crippen LogP contribution in [0.3, 0.4) is 0 Å². The van der Waals surface area contributed by atoms with Gasteiger partial charge in [-0.3, -0.25) is 68.0 Å². The van der Waals surface area contributed by atoms with Crippen molar-refractivity contribution < 1.29 is 123 Å². The van der Waals surface area contributed by atoms with E-state index in [9.17, 15) is 124 Å². The predicted octanol–water partition coefficient (Wildman–Crippen LogP) is 1.78. The van der Waals surface area contributed by atoms with Gasteiger partial charge in [0.1, 0.15) is 74.3 Å². The lowest BCUT2D eigenvalue weighted by Gasteiger charge is -2.50. The zero-order valence-electron chi connectivity index (χ0n) is 65.4. The van der Waals surface area contributed by atoms with E-state index in [1.165, 1.54) is 93.4 Å². The first-order valence-electron chi connectivity index (χ1n) is 37.0. The summed E-state index contributed by atoms with van der Waals surface area (Å²) in [6.07, 6.45) is 0.127. The zero-order valence-corrected chi connectivity index (χ0v) is 65.4. The summed E-state index contributed by atoms with van der Waals surface area (Å²) in [4.78, 5) is 146. The monoisotopic (exact) mass is 1640 g/mol. The first kappa shape index (κ1) is 85.4. The molecule has 0 unspecified atom stereocenters. The highest BCUT2D eigenvalue weighted by Gasteiger charge is 2.68. The first-order chi connectivity index (χ1) is 55.8. The molecule has 0 radical (unpaired) electrons. The van der Waals surface area contributed by atoms with Crippen LogP contribution in [0, 0.1) is 63.3 Å². The number of anilines is 1. The highest BCUT2D eigenvalue weighted by Crippen LogP contribution is 2.59. The molecule has 3 fully saturated rings. The molecule has 3 saturated carbocycles. The number of methoxy groups -OCH3 is 1. The number of phenols is 3. The maximum atomic E-state index is 14.0. The van der Waals surface area contributed by atoms with E-state index in [-0.39, 0.29) is 113 Å². The third kappa shape index (κ3) is 13.1. The van der Waals surface area contributed by atoms with E-state index in [1.54, 1.807) is 49.3 Å². The number of carbonyl (C=O) groups excluding carboxylic acids is 10. The third-order valence-corrected chi connectivity index (χ3v) is 24.2. The van der Waals surface area contributed by atoms with Crippen molar-refractivity contribution in [2.24, 2.45) is 64.2 Å². The second kappa shape index (κ2) is 30.8. The lowest BCUT2D eigenvalue weighted by Crippen LogP contribution is -2.65. The van der Waals surface area contributed by atoms with Crippen LogP contribution in [0.1, 0.15) is 69.3 Å². The zero-order chi connectivity index (χ0) is 87.8. The third-order valence-electron chi connectivity index (χ3n) is 24.2. The van der Waals surface area contributed by atoms with Gasteiger partial charge in [-0.05, 0) is 168 Å². The summed E-state index contributed by atoms with van der Waals surface area (Å²) in [6, 6.07) is 12.6. The number of ketones is 6. The van der Waals surface area contributed by atoms with Crippen LogP contribution in [0.5, 0.6) is 17.2 Å². The van der Waals surface area contributed by atoms with E-state index in [4.69, 9.17) is 28.7 Å². The van der Waals surface area contributed by atoms with Gasteiger partial charge in [-0.25, -0.2) is 9.18 Å². The molecule has 0 aliphatic heterocycles. The molecule has 119 heavy (non-hydrogen) atoms. The van der Waals surface area contributed by atoms with E-state index in [0.717, 1.165) is 7.11 Å². The smallest absolute Gasteiger partial charge is 0.384 e. The number of nitro benzene ring substituents is 1. The molecule has 14 rings (SSSR count). The molecular weight excluding hydrogens is 1560 g/mol. The number of amides is 3. The van der Waals surface area contributed by atoms with Gasteiger partial charge >= 0.3 is 5.97 Å². The number of nitrogens with two attached hydrogens (primary N) is 5. The van der Waals surface area contributed by atoms with Crippen molar-refractivity contribution in [2.45, 2.75) is 86.5 Å². The number of esters is 1. The van der Waals surface area contributed by atoms with Crippen LogP contribution >= 0.6 is 0 Å². The van der Waals surface area contributed by atoms with Crippen molar-refractivity contribution in [3.63, 3.8) is 0 Å². The molecule has 0 spiro atoms. The topological polar surface area (TPSA) is 609 Å². The Bertz CT molecular complexity index is 5690. The Balaban J connectivity index is 0.000000164. The number of aliphatic hydroxyl groups excluding tert-OH is 6. The first-order valence-corrected chi connectivity index (χ1v) is 37.0. The molecule has 5 aromatic carbocycles. The molecule has 3 amide bonds. The number of fused-ring (bicyclic) bond motifs is 9. The van der Waals surface area contributed by atoms with Crippen LogP contribution < -0.4 is 33.6 Å². The van der Waals surface area contributed by atoms with E-state index >= 15 is 0 Å². The number of likely N-dealkylation sites (N-methyl/N-ethyl adjacent to an activating group) is 3. The molecule has 5 aromatic rings. The molecule has 0 heterocycles. The van der Waals surface area contributed by atoms with Gasteiger partial charge in [-0.2, -0.15) is 0 Å². The number of nitro groups is 1. The lowest BCUT2D eigenvalue weighted by atomic mass is 9.57. The van der Waals surface area contributed by atoms with Gasteiger partial charge in [-0.15, -0.1) is 0 Å². The molecule has 0 aromatic heterocycles. The number of non-ortho nitro benzene ring substituents is 1. The van der Waals surface area contributed by atoms with Gasteiger partial charge in [0, 0.05) is 96.5 Å². The van der Waals surface area contributed by atoms with Crippen LogP contribution in [0.15, 0.2) is 117 Å². The van der Waals surface area contributed by atoms with E-state index in [2.05, 4.69) is 16.6 Å². The largest absolute Gasteiger partial charge is 0.508 e. The number of aromatic hydroxyl groups is 3. The maximum absolute atomic E-state index is 14.0. The van der Waals surface area contributed by atoms with Crippen molar-refractivity contribution in [2.75, 3.05) is 68.4 Å². The molecule has 12 atom stereocenters. The Kier molecular flexibility index (Phi) is 22.1. The van der Waals surface area contributed by atoms with Crippen LogP contribution in [-0.2, 0) is 85.0 Å². The number of nitrogens with zero attached hydrogens (tertiary/aromatic N) is 5. The minimum absolute atomic E-state index is 0.0245. The highest BCUT2D eigenvalue weighted by atomic mass is 19.1. The number of benzene rings is 5. The van der Waals surface area contributed by atoms with Gasteiger partial charge < -0.3 is 99.6 Å². The molecule has 0 bridgehead atoms. The van der Waals surface area contributed by atoms with Crippen LogP contribution in [0.2, 0.25) is 0 Å². The maximum Gasteiger partial charge on any atom is 0.384 e. The SMILES string of the molecule is CN(C)[C@@H]1C(=O)C(C(N)=O)=C(O)[C@@]2(O)C(=O)C3=C(O)c4c(O)c(CN)cc(-c5ccc(F)cc5)c4C[C@H]3C[C@@H]12.CN(C)[C@@H]1C(=O)C(C(N)=O)=C(O)[C@@]2(O)C(=O)C3=C(O)c4c(O)c(CN)cc(-c5cccc([N+](=O)[O-])c5)c4C[C@H]3C[C@@H]12.COC(=O)C#Cc1cc(N(C)C)c2c(c1O)C(O)=C1C(=O)[C@]3(O)C(O)=C(C(N)=O)C(=O)[C@@H](N(C)C)[C@@H]3C[C@@H]1C2. The Morgan fingerprint density at radius 3 is 1.20 bits per heavy atom. The number of halogens is 1. The number of aliphatic hydroxyl groups is 9. The molecule has 9 aliphatic rings. The summed E-state index contributed by atoms with van der Waals surface area (Å²) in [6.45, 7) is -0.289. The van der Waals surface area contributed by atoms with Crippen LogP contribution in [-0.4, -0.2) is 238 Å². The van der Waals surface area contributed by atoms with Gasteiger partial charge in [0.25, 0.3) is 23.4 Å². The lowest BCUT2D eigenvalue weighted by molar-refractivity contribution is -0.384. The number of carbonyl (C=O) groups is 10. The number of ether oxygens (including phenoxy) is 1. The van der Waals surface area contributed by atoms with Crippen LogP contribution in [0.25, 0.3) is 39.5 Å². The van der Waals surface area contributed by atoms with E-state index < -0.39 is 202 Å². The van der Waals surface area contributed by atoms with Gasteiger partial charge in [-0.1, -0.05) is 30.2 Å². The number of hydrogen-bond acceptors (Lipinski definition) is 31. The predicted molar refractivity (Wildman–Crippen MR) is 419 cm³/mol. The van der Waals surface area contributed by atoms with E-state index in [0.29, 0.717) is 44.6 Å². The normalized spacial score (nSPS) is 26.0. The minimum atomic E-state index is -2.76. The standard InChI is InChI=1S/C28H28FN3O7.C28H28N4O9.C27H29N3O9/c1-32(2)21-17-9-12-7-16-15(11-3-5-14(29)6-4-11)8-13(10-30)22(33)19(16)23(34)18(12)25(36)28(17,39)26(37)20(24(21)35)27(31)38;1-31(2)21-17-9-12-7-16-15(11-4-3-5-14(6-11)32(40)41)8-13(10-29)22(33)19(16)23(34)18(12)25(36)28(17,39)26(37)20(24(21)35)27(30)38;1-29(2)15-10-11(6-7-16(31)39-5)21(32)18-13(15)8-12-9-14-20(30(3)4)23(34)19(26(28)37)25(36)27(14,38)24(35)17(12)22(18)33/h3-6,8,12,17,21,33-34,37,39H,7,9-10,30H2,1-2H3,(H2,31,38);3-6,8,12,17,21,33-34,37,39H,7,9-10,29H2,1-2H3,(H2,30,38);10,12,14,20,32-33,36,38H,8-9H2,1-5H3,(H2,28,37)/t2*12-,17-,21-,28-;12-,14-,20-,27-/m000/s1. The second-order valence-corrected chi connectivity index (χ2v) is 31.5. The Morgan fingerprint density at radius 2 is 0.874 bits per heavy atom. The molecule has 624 valence electrons. The number of rotatable bonds is 12. The Hall–Kier alpha value is -13.0. The second-order valence-electron chi connectivity index (χ2n) is 31.5. The Morgan fingerprint density at radius 1 is 0.521 bits per heavy atom. The number of Topliss-reactive ketones (excluding diaryl/α,β-unsaturated/α-hetero) is 6. The van der Waals surface area contributed by atoms with Crippen molar-refractivity contribution in [3.05, 3.63) is 183 Å². The van der Waals surface area contributed by atoms with Crippen molar-refractivity contribution in [3.8, 4) is 51.3 Å². The summed E-state index contributed by atoms with van der Waals surface area (Å²) < 4.78 is 18.2. The molecule has 35 nitrogen and oxygen atoms in total. The quantitative estimate of drug-likeness (QED) is 0.0278. The molecule has 9 aliphatic carbocycles. The molecular formula is C83H85FN10O25. The fourth-order valence-corrected chi connectivity index (χ4v) is 18.9. The Labute approximate surface area is 676 Å². The fraction of sp³-hybridized carbons (Fsp3) is 0.349. The summed E-state index contributed by atoms with van der Waals surface area (Å²) >= 11 is 0. The van der Waals surface area contributed by atoms with Crippen molar-refractivity contribution >= 4 is 87.0 Å². The summed E-state index contributed by atoms with van der Waals surface area (Å²) in [7, 11) is 13.8. The molecule has 22 N–H and O–H groups in total. The highest BCUT2D eigenvalue weighted by molar-refractivity contribution is 6.27. The number of primary amides is 3. The number of hydrogen-bond donors (Lipinski definition) is 17. The minimum Gasteiger partial charge on any atom is -0.508 e. The fourth-order valence-electron chi connectivity index (χ4n) is 18.9. The number of phenolic OH excluding ortho intramolecular Hbond substituents is 3. The average Bonchev–Trinajstić information content (AvgIpc) is 0.706. The summed E-state index contributed by atoms with van der Waals surface area (Å²) in [5.74, 6) is -18.8. The summed E-state index contributed by atoms with van der Waals surface area (Å²) in [5, 5.41) is 147. The van der Waals surface area contributed by atoms with Gasteiger partial charge in [0.05, 0.1) is 52.4 Å². The van der Waals surface area contributed by atoms with E-state index in [1.807, 2.05) is 0 Å². The van der Waals surface area contributed by atoms with Crippen molar-refractivity contribution in [1.29, 1.82) is 0 Å². The van der Waals surface area contributed by atoms with Crippen LogP contribution in [0.4, 0.5) is 15.8 Å². The summed E-state index contributed by atoms with van der Waals surface area (Å²) in [5.41, 5.74) is 19.8. The van der Waals surface area contributed by atoms with Gasteiger partial charge in [0.15, 0.2) is 34.2 Å². The molecule has 0 saturated heterocycles.